The van der Waals surface area contributed by atoms with E-state index in [1.54, 1.807) is 19.2 Å². The molecule has 0 aliphatic heterocycles. The van der Waals surface area contributed by atoms with E-state index in [1.807, 2.05) is 24.3 Å². The van der Waals surface area contributed by atoms with Crippen LogP contribution in [0.2, 0.25) is 0 Å². The van der Waals surface area contributed by atoms with Gasteiger partial charge in [-0.15, -0.1) is 0 Å². The predicted octanol–water partition coefficient (Wildman–Crippen LogP) is 1.78. The lowest BCUT2D eigenvalue weighted by Gasteiger charge is -2.24. The third-order valence-electron chi connectivity index (χ3n) is 4.01. The number of nitro groups is 1. The van der Waals surface area contributed by atoms with Crippen molar-refractivity contribution in [3.05, 3.63) is 64.2 Å². The number of benzene rings is 2. The second-order valence-electron chi connectivity index (χ2n) is 6.01. The van der Waals surface area contributed by atoms with E-state index < -0.39 is 4.92 Å². The molecule has 2 aromatic rings. The number of rotatable bonds is 7. The SMILES string of the molecule is COc1ccccc1[C@H](CNC(=S)Nc1ccc([N+](=O)[O-])cc1)[NH+](C)C. The molecule has 0 amide bonds. The van der Waals surface area contributed by atoms with Crippen molar-refractivity contribution in [2.45, 2.75) is 6.04 Å². The van der Waals surface area contributed by atoms with Crippen LogP contribution in [-0.2, 0) is 0 Å². The summed E-state index contributed by atoms with van der Waals surface area (Å²) in [5.41, 5.74) is 1.83. The maximum atomic E-state index is 10.7. The summed E-state index contributed by atoms with van der Waals surface area (Å²) in [6.45, 7) is 0.613. The third kappa shape index (κ3) is 5.14. The summed E-state index contributed by atoms with van der Waals surface area (Å²) in [7, 11) is 5.81. The maximum absolute atomic E-state index is 10.7. The Bertz CT molecular complexity index is 765. The molecule has 0 fully saturated rings. The molecule has 0 saturated carbocycles. The summed E-state index contributed by atoms with van der Waals surface area (Å²) >= 11 is 5.34. The number of anilines is 1. The number of hydrogen-bond donors (Lipinski definition) is 3. The third-order valence-corrected chi connectivity index (χ3v) is 4.26. The van der Waals surface area contributed by atoms with E-state index in [-0.39, 0.29) is 11.7 Å². The number of hydrogen-bond acceptors (Lipinski definition) is 4. The zero-order valence-electron chi connectivity index (χ0n) is 15.0. The van der Waals surface area contributed by atoms with Gasteiger partial charge in [0.1, 0.15) is 11.8 Å². The van der Waals surface area contributed by atoms with Crippen molar-refractivity contribution < 1.29 is 14.6 Å². The Hall–Kier alpha value is -2.71. The zero-order valence-corrected chi connectivity index (χ0v) is 15.8. The van der Waals surface area contributed by atoms with Crippen LogP contribution in [0.4, 0.5) is 11.4 Å². The maximum Gasteiger partial charge on any atom is 0.269 e. The largest absolute Gasteiger partial charge is 0.496 e. The number of non-ortho nitro benzene ring substituents is 1. The van der Waals surface area contributed by atoms with Crippen molar-refractivity contribution in [1.82, 2.24) is 5.32 Å². The lowest BCUT2D eigenvalue weighted by Crippen LogP contribution is -3.07. The minimum atomic E-state index is -0.432. The van der Waals surface area contributed by atoms with Gasteiger partial charge in [-0.25, -0.2) is 0 Å². The minimum absolute atomic E-state index is 0.0434. The number of nitrogens with one attached hydrogen (secondary N) is 3. The summed E-state index contributed by atoms with van der Waals surface area (Å²) in [6, 6.07) is 14.2. The van der Waals surface area contributed by atoms with Crippen LogP contribution in [0.25, 0.3) is 0 Å². The quantitative estimate of drug-likeness (QED) is 0.389. The molecule has 0 aliphatic carbocycles. The predicted molar refractivity (Wildman–Crippen MR) is 106 cm³/mol. The molecule has 2 aromatic carbocycles. The van der Waals surface area contributed by atoms with Crippen LogP contribution >= 0.6 is 12.2 Å². The number of thiocarbonyl (C=S) groups is 1. The molecule has 138 valence electrons. The molecule has 8 heteroatoms. The molecule has 0 aromatic heterocycles. The number of quaternary nitrogens is 1. The van der Waals surface area contributed by atoms with Gasteiger partial charge in [-0.05, 0) is 36.5 Å². The summed E-state index contributed by atoms with van der Waals surface area (Å²) < 4.78 is 5.46. The normalized spacial score (nSPS) is 11.7. The Morgan fingerprint density at radius 2 is 1.88 bits per heavy atom. The van der Waals surface area contributed by atoms with Gasteiger partial charge < -0.3 is 20.3 Å². The Morgan fingerprint density at radius 1 is 1.23 bits per heavy atom. The number of likely N-dealkylation sites (N-methyl/N-ethyl adjacent to an activating group) is 1. The van der Waals surface area contributed by atoms with Gasteiger partial charge in [-0.2, -0.15) is 0 Å². The van der Waals surface area contributed by atoms with Gasteiger partial charge in [-0.1, -0.05) is 12.1 Å². The fourth-order valence-electron chi connectivity index (χ4n) is 2.62. The van der Waals surface area contributed by atoms with Crippen LogP contribution in [-0.4, -0.2) is 37.8 Å². The van der Waals surface area contributed by atoms with Gasteiger partial charge in [0.05, 0.1) is 38.2 Å². The minimum Gasteiger partial charge on any atom is -0.496 e. The molecule has 0 bridgehead atoms. The van der Waals surface area contributed by atoms with Gasteiger partial charge in [-0.3, -0.25) is 10.1 Å². The molecule has 0 saturated heterocycles. The van der Waals surface area contributed by atoms with Crippen LogP contribution in [0, 0.1) is 10.1 Å². The first-order chi connectivity index (χ1) is 12.4. The standard InChI is InChI=1S/C18H22N4O3S/c1-21(2)16(15-6-4-5-7-17(15)25-3)12-19-18(26)20-13-8-10-14(11-9-13)22(23)24/h4-11,16H,12H2,1-3H3,(H2,19,20,26)/p+1/t16-/m0/s1. The number of methoxy groups -OCH3 is 1. The topological polar surface area (TPSA) is 80.9 Å². The van der Waals surface area contributed by atoms with Gasteiger partial charge in [0, 0.05) is 17.8 Å². The van der Waals surface area contributed by atoms with E-state index in [4.69, 9.17) is 17.0 Å². The lowest BCUT2D eigenvalue weighted by atomic mass is 10.0. The number of ether oxygens (including phenoxy) is 1. The average molecular weight is 375 g/mol. The number of para-hydroxylation sites is 1. The second kappa shape index (κ2) is 9.12. The lowest BCUT2D eigenvalue weighted by molar-refractivity contribution is -0.890. The molecular weight excluding hydrogens is 352 g/mol. The van der Waals surface area contributed by atoms with Crippen molar-refractivity contribution in [2.75, 3.05) is 33.1 Å². The fraction of sp³-hybridized carbons (Fsp3) is 0.278. The van der Waals surface area contributed by atoms with Crippen LogP contribution in [0.15, 0.2) is 48.5 Å². The Balaban J connectivity index is 2.00. The van der Waals surface area contributed by atoms with E-state index in [1.165, 1.54) is 17.0 Å². The van der Waals surface area contributed by atoms with Gasteiger partial charge in [0.25, 0.3) is 5.69 Å². The Labute approximate surface area is 158 Å². The van der Waals surface area contributed by atoms with Crippen LogP contribution in [0.1, 0.15) is 11.6 Å². The molecule has 26 heavy (non-hydrogen) atoms. The van der Waals surface area contributed by atoms with E-state index >= 15 is 0 Å². The zero-order chi connectivity index (χ0) is 19.1. The van der Waals surface area contributed by atoms with Crippen molar-refractivity contribution in [2.24, 2.45) is 0 Å². The molecule has 0 radical (unpaired) electrons. The molecule has 3 N–H and O–H groups in total. The smallest absolute Gasteiger partial charge is 0.269 e. The molecule has 2 rings (SSSR count). The molecule has 0 unspecified atom stereocenters. The molecular formula is C18H23N4O3S+. The van der Waals surface area contributed by atoms with Crippen LogP contribution < -0.4 is 20.3 Å². The van der Waals surface area contributed by atoms with Crippen molar-refractivity contribution in [3.8, 4) is 5.75 Å². The summed E-state index contributed by atoms with van der Waals surface area (Å²) in [5.74, 6) is 0.842. The first-order valence-electron chi connectivity index (χ1n) is 8.14. The summed E-state index contributed by atoms with van der Waals surface area (Å²) in [4.78, 5) is 11.5. The van der Waals surface area contributed by atoms with Crippen LogP contribution in [0.5, 0.6) is 5.75 Å². The average Bonchev–Trinajstić information content (AvgIpc) is 2.62. The number of nitro benzene ring substituents is 1. The van der Waals surface area contributed by atoms with E-state index in [2.05, 4.69) is 24.7 Å². The van der Waals surface area contributed by atoms with Crippen molar-refractivity contribution in [1.29, 1.82) is 0 Å². The van der Waals surface area contributed by atoms with Crippen LogP contribution in [0.3, 0.4) is 0 Å². The molecule has 0 heterocycles. The fourth-order valence-corrected chi connectivity index (χ4v) is 2.82. The highest BCUT2D eigenvalue weighted by molar-refractivity contribution is 7.80. The molecule has 7 nitrogen and oxygen atoms in total. The highest BCUT2D eigenvalue weighted by atomic mass is 32.1. The van der Waals surface area contributed by atoms with Gasteiger partial charge in [0.15, 0.2) is 5.11 Å². The summed E-state index contributed by atoms with van der Waals surface area (Å²) in [5, 5.41) is 17.4. The highest BCUT2D eigenvalue weighted by Gasteiger charge is 2.21. The molecule has 0 spiro atoms. The number of nitrogens with zero attached hydrogens (tertiary/aromatic N) is 1. The monoisotopic (exact) mass is 375 g/mol. The Kier molecular flexibility index (Phi) is 6.88. The van der Waals surface area contributed by atoms with Gasteiger partial charge >= 0.3 is 0 Å². The van der Waals surface area contributed by atoms with E-state index in [9.17, 15) is 10.1 Å². The molecule has 1 atom stereocenters. The summed E-state index contributed by atoms with van der Waals surface area (Å²) in [6.07, 6.45) is 0. The van der Waals surface area contributed by atoms with Crippen molar-refractivity contribution >= 4 is 28.7 Å². The van der Waals surface area contributed by atoms with Gasteiger partial charge in [0.2, 0.25) is 0 Å². The van der Waals surface area contributed by atoms with E-state index in [0.29, 0.717) is 17.3 Å². The Morgan fingerprint density at radius 3 is 2.46 bits per heavy atom. The van der Waals surface area contributed by atoms with E-state index in [0.717, 1.165) is 11.3 Å². The molecule has 0 aliphatic rings. The first-order valence-corrected chi connectivity index (χ1v) is 8.55. The first kappa shape index (κ1) is 19.6. The highest BCUT2D eigenvalue weighted by Crippen LogP contribution is 2.22. The second-order valence-corrected chi connectivity index (χ2v) is 6.42. The van der Waals surface area contributed by atoms with Crippen molar-refractivity contribution in [3.63, 3.8) is 0 Å².